The van der Waals surface area contributed by atoms with Crippen molar-refractivity contribution in [2.24, 2.45) is 5.92 Å². The van der Waals surface area contributed by atoms with E-state index in [9.17, 15) is 10.1 Å². The Bertz CT molecular complexity index is 767. The molecule has 1 heterocycles. The summed E-state index contributed by atoms with van der Waals surface area (Å²) in [5.41, 5.74) is 3.86. The first-order valence-corrected chi connectivity index (χ1v) is 9.25. The van der Waals surface area contributed by atoms with Crippen LogP contribution in [0.2, 0.25) is 0 Å². The standard InChI is InChI=1S/C19H25N3O2/c1-12-4-2-5-13(10-12)20-18-7-3-6-15-16-11-14(22(23)24)8-9-17(16)21-19(15)18/h8-9,11-13,18,20-21H,2-7,10H2,1H3/p+1/t12-,13+,18+/m0/s1. The lowest BCUT2D eigenvalue weighted by atomic mass is 9.85. The van der Waals surface area contributed by atoms with Gasteiger partial charge in [0, 0.05) is 35.9 Å². The molecule has 0 spiro atoms. The van der Waals surface area contributed by atoms with Crippen LogP contribution in [0.1, 0.15) is 62.7 Å². The molecule has 0 amide bonds. The van der Waals surface area contributed by atoms with Crippen LogP contribution in [-0.4, -0.2) is 15.9 Å². The SMILES string of the molecule is C[C@H]1CCC[C@@H]([NH2+][C@@H]2CCCc3c2[nH]c2ccc([N+](=O)[O-])cc32)C1. The van der Waals surface area contributed by atoms with Gasteiger partial charge in [-0.3, -0.25) is 10.1 Å². The van der Waals surface area contributed by atoms with Crippen molar-refractivity contribution in [3.8, 4) is 0 Å². The van der Waals surface area contributed by atoms with Gasteiger partial charge in [-0.25, -0.2) is 0 Å². The molecule has 0 bridgehead atoms. The van der Waals surface area contributed by atoms with E-state index in [0.29, 0.717) is 6.04 Å². The van der Waals surface area contributed by atoms with Gasteiger partial charge in [0.1, 0.15) is 6.04 Å². The van der Waals surface area contributed by atoms with E-state index in [1.54, 1.807) is 12.1 Å². The number of H-pyrrole nitrogens is 1. The molecular formula is C19H26N3O2+. The van der Waals surface area contributed by atoms with E-state index in [1.807, 2.05) is 6.07 Å². The largest absolute Gasteiger partial charge is 0.353 e. The zero-order chi connectivity index (χ0) is 16.7. The normalized spacial score (nSPS) is 27.1. The monoisotopic (exact) mass is 328 g/mol. The molecular weight excluding hydrogens is 302 g/mol. The van der Waals surface area contributed by atoms with Crippen molar-refractivity contribution in [2.45, 2.75) is 64.0 Å². The highest BCUT2D eigenvalue weighted by atomic mass is 16.6. The van der Waals surface area contributed by atoms with Gasteiger partial charge < -0.3 is 10.3 Å². The molecule has 5 heteroatoms. The van der Waals surface area contributed by atoms with Crippen LogP contribution in [-0.2, 0) is 6.42 Å². The minimum Gasteiger partial charge on any atom is -0.353 e. The van der Waals surface area contributed by atoms with Gasteiger partial charge in [-0.2, -0.15) is 0 Å². The molecule has 2 aromatic rings. The Kier molecular flexibility index (Phi) is 4.04. The molecule has 5 nitrogen and oxygen atoms in total. The zero-order valence-electron chi connectivity index (χ0n) is 14.3. The molecule has 1 aromatic carbocycles. The van der Waals surface area contributed by atoms with Crippen molar-refractivity contribution >= 4 is 16.6 Å². The molecule has 2 aliphatic rings. The summed E-state index contributed by atoms with van der Waals surface area (Å²) in [5, 5.41) is 14.7. The lowest BCUT2D eigenvalue weighted by Crippen LogP contribution is -2.91. The first-order chi connectivity index (χ1) is 11.6. The number of hydrogen-bond acceptors (Lipinski definition) is 2. The van der Waals surface area contributed by atoms with Gasteiger partial charge in [0.05, 0.1) is 16.7 Å². The fourth-order valence-electron chi connectivity index (χ4n) is 4.78. The fourth-order valence-corrected chi connectivity index (χ4v) is 4.78. The van der Waals surface area contributed by atoms with Crippen molar-refractivity contribution in [2.75, 3.05) is 0 Å². The highest BCUT2D eigenvalue weighted by molar-refractivity contribution is 5.87. The molecule has 0 radical (unpaired) electrons. The number of nitrogens with two attached hydrogens (primary N) is 1. The number of aromatic nitrogens is 1. The molecule has 1 aromatic heterocycles. The maximum atomic E-state index is 11.1. The summed E-state index contributed by atoms with van der Waals surface area (Å²) in [7, 11) is 0. The molecule has 4 rings (SSSR count). The first kappa shape index (κ1) is 15.6. The van der Waals surface area contributed by atoms with Crippen LogP contribution < -0.4 is 5.32 Å². The van der Waals surface area contributed by atoms with Crippen LogP contribution in [0.15, 0.2) is 18.2 Å². The maximum Gasteiger partial charge on any atom is 0.270 e. The summed E-state index contributed by atoms with van der Waals surface area (Å²) in [6.45, 7) is 2.37. The fraction of sp³-hybridized carbons (Fsp3) is 0.579. The number of nitro groups is 1. The third-order valence-electron chi connectivity index (χ3n) is 5.93. The molecule has 1 fully saturated rings. The molecule has 1 saturated carbocycles. The Hall–Kier alpha value is -1.88. The number of nitrogens with zero attached hydrogens (tertiary/aromatic N) is 1. The van der Waals surface area contributed by atoms with E-state index < -0.39 is 0 Å². The Morgan fingerprint density at radius 1 is 1.25 bits per heavy atom. The number of rotatable bonds is 3. The predicted octanol–water partition coefficient (Wildman–Crippen LogP) is 3.60. The van der Waals surface area contributed by atoms with Crippen LogP contribution >= 0.6 is 0 Å². The van der Waals surface area contributed by atoms with Crippen molar-refractivity contribution < 1.29 is 10.2 Å². The number of fused-ring (bicyclic) bond motifs is 3. The topological polar surface area (TPSA) is 75.5 Å². The Morgan fingerprint density at radius 3 is 2.92 bits per heavy atom. The molecule has 0 unspecified atom stereocenters. The van der Waals surface area contributed by atoms with Crippen molar-refractivity contribution in [3.63, 3.8) is 0 Å². The van der Waals surface area contributed by atoms with Gasteiger partial charge in [-0.15, -0.1) is 0 Å². The predicted molar refractivity (Wildman–Crippen MR) is 94.0 cm³/mol. The van der Waals surface area contributed by atoms with Crippen LogP contribution in [0.3, 0.4) is 0 Å². The van der Waals surface area contributed by atoms with Gasteiger partial charge in [0.15, 0.2) is 0 Å². The average molecular weight is 328 g/mol. The van der Waals surface area contributed by atoms with Crippen molar-refractivity contribution in [3.05, 3.63) is 39.6 Å². The third-order valence-corrected chi connectivity index (χ3v) is 5.93. The Morgan fingerprint density at radius 2 is 2.12 bits per heavy atom. The summed E-state index contributed by atoms with van der Waals surface area (Å²) in [6, 6.07) is 6.42. The molecule has 0 saturated heterocycles. The second-order valence-corrected chi connectivity index (χ2v) is 7.73. The second-order valence-electron chi connectivity index (χ2n) is 7.73. The lowest BCUT2D eigenvalue weighted by molar-refractivity contribution is -0.732. The molecule has 128 valence electrons. The van der Waals surface area contributed by atoms with Crippen molar-refractivity contribution in [1.29, 1.82) is 0 Å². The number of non-ortho nitro benzene ring substituents is 1. The van der Waals surface area contributed by atoms with Gasteiger partial charge in [0.25, 0.3) is 5.69 Å². The molecule has 3 N–H and O–H groups in total. The van der Waals surface area contributed by atoms with E-state index >= 15 is 0 Å². The van der Waals surface area contributed by atoms with Gasteiger partial charge in [-0.1, -0.05) is 13.3 Å². The molecule has 0 aliphatic heterocycles. The number of nitro benzene ring substituents is 1. The number of aromatic amines is 1. The molecule has 2 aliphatic carbocycles. The van der Waals surface area contributed by atoms with Gasteiger partial charge >= 0.3 is 0 Å². The summed E-state index contributed by atoms with van der Waals surface area (Å²) < 4.78 is 0. The van der Waals surface area contributed by atoms with Crippen LogP contribution in [0.25, 0.3) is 10.9 Å². The minimum absolute atomic E-state index is 0.191. The van der Waals surface area contributed by atoms with E-state index in [4.69, 9.17) is 0 Å². The first-order valence-electron chi connectivity index (χ1n) is 9.25. The molecule has 3 atom stereocenters. The number of nitrogens with one attached hydrogen (secondary N) is 1. The minimum atomic E-state index is -0.297. The third kappa shape index (κ3) is 2.81. The number of hydrogen-bond donors (Lipinski definition) is 2. The quantitative estimate of drug-likeness (QED) is 0.667. The van der Waals surface area contributed by atoms with E-state index in [0.717, 1.165) is 29.3 Å². The van der Waals surface area contributed by atoms with Crippen molar-refractivity contribution in [1.82, 2.24) is 4.98 Å². The van der Waals surface area contributed by atoms with E-state index in [-0.39, 0.29) is 10.6 Å². The van der Waals surface area contributed by atoms with Gasteiger partial charge in [-0.05, 0) is 43.2 Å². The van der Waals surface area contributed by atoms with Gasteiger partial charge in [0.2, 0.25) is 0 Å². The number of quaternary nitrogens is 1. The molecule has 24 heavy (non-hydrogen) atoms. The Labute approximate surface area is 142 Å². The summed E-state index contributed by atoms with van der Waals surface area (Å²) in [6.07, 6.45) is 8.76. The van der Waals surface area contributed by atoms with Crippen LogP contribution in [0, 0.1) is 16.0 Å². The second kappa shape index (κ2) is 6.20. The summed E-state index contributed by atoms with van der Waals surface area (Å²) in [5.74, 6) is 0.841. The van der Waals surface area contributed by atoms with Crippen LogP contribution in [0.5, 0.6) is 0 Å². The highest BCUT2D eigenvalue weighted by Gasteiger charge is 2.31. The number of benzene rings is 1. The summed E-state index contributed by atoms with van der Waals surface area (Å²) >= 11 is 0. The summed E-state index contributed by atoms with van der Waals surface area (Å²) in [4.78, 5) is 14.4. The van der Waals surface area contributed by atoms with E-state index in [1.165, 1.54) is 49.8 Å². The van der Waals surface area contributed by atoms with Crippen LogP contribution in [0.4, 0.5) is 5.69 Å². The maximum absolute atomic E-state index is 11.1. The van der Waals surface area contributed by atoms with E-state index in [2.05, 4.69) is 17.2 Å². The highest BCUT2D eigenvalue weighted by Crippen LogP contribution is 2.35. The smallest absolute Gasteiger partial charge is 0.270 e. The average Bonchev–Trinajstić information content (AvgIpc) is 2.94. The number of aryl methyl sites for hydroxylation is 1. The Balaban J connectivity index is 1.64. The lowest BCUT2D eigenvalue weighted by Gasteiger charge is -2.30. The zero-order valence-corrected chi connectivity index (χ0v) is 14.3.